The molecule has 1 atom stereocenters. The van der Waals surface area contributed by atoms with Crippen LogP contribution in [0.15, 0.2) is 30.3 Å². The third kappa shape index (κ3) is 1.89. The third-order valence-electron chi connectivity index (χ3n) is 2.51. The quantitative estimate of drug-likeness (QED) is 0.675. The van der Waals surface area contributed by atoms with E-state index < -0.39 is 0 Å². The summed E-state index contributed by atoms with van der Waals surface area (Å²) in [7, 11) is 0. The lowest BCUT2D eigenvalue weighted by atomic mass is 9.82. The summed E-state index contributed by atoms with van der Waals surface area (Å²) in [6, 6.07) is 10.6. The van der Waals surface area contributed by atoms with Crippen molar-refractivity contribution in [2.75, 3.05) is 0 Å². The van der Waals surface area contributed by atoms with Crippen LogP contribution in [0.5, 0.6) is 0 Å². The molecule has 0 saturated heterocycles. The topological polar surface area (TPSA) is 0 Å². The molecule has 1 rings (SSSR count). The molecular weight excluding hydrogens is 212 g/mol. The van der Waals surface area contributed by atoms with Crippen molar-refractivity contribution in [1.29, 1.82) is 0 Å². The van der Waals surface area contributed by atoms with Crippen LogP contribution in [0.4, 0.5) is 0 Å². The first-order valence-corrected chi connectivity index (χ1v) is 5.16. The molecule has 0 fully saturated rings. The lowest BCUT2D eigenvalue weighted by molar-refractivity contribution is 0.527. The molecule has 0 spiro atoms. The van der Waals surface area contributed by atoms with Crippen molar-refractivity contribution in [3.63, 3.8) is 0 Å². The van der Waals surface area contributed by atoms with E-state index in [0.717, 1.165) is 0 Å². The smallest absolute Gasteiger partial charge is 0.0209 e. The van der Waals surface area contributed by atoms with E-state index in [0.29, 0.717) is 4.83 Å². The van der Waals surface area contributed by atoms with Crippen LogP contribution in [0.1, 0.15) is 26.3 Å². The zero-order chi connectivity index (χ0) is 9.19. The van der Waals surface area contributed by atoms with E-state index >= 15 is 0 Å². The van der Waals surface area contributed by atoms with Crippen molar-refractivity contribution in [1.82, 2.24) is 0 Å². The summed E-state index contributed by atoms with van der Waals surface area (Å²) in [6.07, 6.45) is 0. The van der Waals surface area contributed by atoms with E-state index in [2.05, 4.69) is 67.0 Å². The molecule has 1 heteroatoms. The van der Waals surface area contributed by atoms with Gasteiger partial charge in [-0.05, 0) is 5.56 Å². The van der Waals surface area contributed by atoms with Crippen molar-refractivity contribution in [3.8, 4) is 0 Å². The minimum absolute atomic E-state index is 0.210. The van der Waals surface area contributed by atoms with Crippen molar-refractivity contribution in [2.24, 2.45) is 0 Å². The highest BCUT2D eigenvalue weighted by Gasteiger charge is 2.25. The monoisotopic (exact) mass is 226 g/mol. The molecule has 0 radical (unpaired) electrons. The maximum atomic E-state index is 3.63. The SMILES string of the molecule is CC(Br)C(C)(C)c1ccccc1. The van der Waals surface area contributed by atoms with Gasteiger partial charge in [-0.1, -0.05) is 67.0 Å². The van der Waals surface area contributed by atoms with Gasteiger partial charge in [-0.3, -0.25) is 0 Å². The minimum atomic E-state index is 0.210. The Bertz CT molecular complexity index is 236. The van der Waals surface area contributed by atoms with Gasteiger partial charge < -0.3 is 0 Å². The predicted molar refractivity (Wildman–Crippen MR) is 57.9 cm³/mol. The Morgan fingerprint density at radius 1 is 1.17 bits per heavy atom. The van der Waals surface area contributed by atoms with Crippen LogP contribution >= 0.6 is 15.9 Å². The van der Waals surface area contributed by atoms with Gasteiger partial charge in [-0.25, -0.2) is 0 Å². The van der Waals surface area contributed by atoms with Crippen molar-refractivity contribution < 1.29 is 0 Å². The molecule has 0 saturated carbocycles. The maximum Gasteiger partial charge on any atom is 0.0209 e. The number of benzene rings is 1. The molecule has 0 aliphatic heterocycles. The summed E-state index contributed by atoms with van der Waals surface area (Å²) in [5.41, 5.74) is 1.59. The average Bonchev–Trinajstić information content (AvgIpc) is 2.06. The fraction of sp³-hybridized carbons (Fsp3) is 0.455. The summed E-state index contributed by atoms with van der Waals surface area (Å²) >= 11 is 3.63. The fourth-order valence-electron chi connectivity index (χ4n) is 1.10. The largest absolute Gasteiger partial charge is 0.0884 e. The Balaban J connectivity index is 2.98. The first kappa shape index (κ1) is 9.79. The Labute approximate surface area is 83.1 Å². The van der Waals surface area contributed by atoms with Crippen molar-refractivity contribution in [2.45, 2.75) is 31.0 Å². The van der Waals surface area contributed by atoms with Crippen LogP contribution in [0.25, 0.3) is 0 Å². The van der Waals surface area contributed by atoms with Gasteiger partial charge in [0.05, 0.1) is 0 Å². The number of alkyl halides is 1. The Morgan fingerprint density at radius 3 is 2.08 bits per heavy atom. The van der Waals surface area contributed by atoms with Crippen LogP contribution in [-0.4, -0.2) is 4.83 Å². The van der Waals surface area contributed by atoms with E-state index in [4.69, 9.17) is 0 Å². The second kappa shape index (κ2) is 3.61. The summed E-state index contributed by atoms with van der Waals surface area (Å²) in [4.78, 5) is 0.493. The molecule has 0 heterocycles. The van der Waals surface area contributed by atoms with Gasteiger partial charge >= 0.3 is 0 Å². The highest BCUT2D eigenvalue weighted by atomic mass is 79.9. The summed E-state index contributed by atoms with van der Waals surface area (Å²) in [5.74, 6) is 0. The molecule has 0 aromatic heterocycles. The average molecular weight is 227 g/mol. The van der Waals surface area contributed by atoms with Gasteiger partial charge in [0.2, 0.25) is 0 Å². The fourth-order valence-corrected chi connectivity index (χ4v) is 1.36. The Hall–Kier alpha value is -0.300. The molecule has 0 N–H and O–H groups in total. The minimum Gasteiger partial charge on any atom is -0.0884 e. The summed E-state index contributed by atoms with van der Waals surface area (Å²) in [6.45, 7) is 6.69. The first-order valence-electron chi connectivity index (χ1n) is 4.24. The highest BCUT2D eigenvalue weighted by molar-refractivity contribution is 9.09. The van der Waals surface area contributed by atoms with E-state index in [-0.39, 0.29) is 5.41 Å². The summed E-state index contributed by atoms with van der Waals surface area (Å²) in [5, 5.41) is 0. The second-order valence-corrected chi connectivity index (χ2v) is 5.08. The Kier molecular flexibility index (Phi) is 2.94. The number of rotatable bonds is 2. The zero-order valence-electron chi connectivity index (χ0n) is 7.84. The van der Waals surface area contributed by atoms with Gasteiger partial charge in [0.25, 0.3) is 0 Å². The normalized spacial score (nSPS) is 14.3. The third-order valence-corrected chi connectivity index (χ3v) is 3.66. The summed E-state index contributed by atoms with van der Waals surface area (Å²) < 4.78 is 0. The second-order valence-electron chi connectivity index (χ2n) is 3.70. The van der Waals surface area contributed by atoms with Crippen molar-refractivity contribution >= 4 is 15.9 Å². The molecule has 12 heavy (non-hydrogen) atoms. The molecule has 0 aliphatic carbocycles. The maximum absolute atomic E-state index is 3.63. The van der Waals surface area contributed by atoms with Gasteiger partial charge in [-0.15, -0.1) is 0 Å². The van der Waals surface area contributed by atoms with E-state index in [1.807, 2.05) is 0 Å². The van der Waals surface area contributed by atoms with Crippen LogP contribution in [0.3, 0.4) is 0 Å². The van der Waals surface area contributed by atoms with Crippen LogP contribution in [0.2, 0.25) is 0 Å². The number of hydrogen-bond donors (Lipinski definition) is 0. The molecule has 0 nitrogen and oxygen atoms in total. The molecule has 1 aromatic rings. The first-order chi connectivity index (χ1) is 5.55. The van der Waals surface area contributed by atoms with Crippen molar-refractivity contribution in [3.05, 3.63) is 35.9 Å². The molecule has 1 unspecified atom stereocenters. The predicted octanol–water partition coefficient (Wildman–Crippen LogP) is 3.75. The molecular formula is C11H15Br. The Morgan fingerprint density at radius 2 is 1.67 bits per heavy atom. The van der Waals surface area contributed by atoms with Crippen LogP contribution in [0, 0.1) is 0 Å². The van der Waals surface area contributed by atoms with Crippen LogP contribution < -0.4 is 0 Å². The van der Waals surface area contributed by atoms with Crippen LogP contribution in [-0.2, 0) is 5.41 Å². The molecule has 66 valence electrons. The molecule has 0 aliphatic rings. The standard InChI is InChI=1S/C11H15Br/c1-9(12)11(2,3)10-7-5-4-6-8-10/h4-9H,1-3H3. The number of hydrogen-bond acceptors (Lipinski definition) is 0. The van der Waals surface area contributed by atoms with E-state index in [9.17, 15) is 0 Å². The number of halogens is 1. The molecule has 0 bridgehead atoms. The highest BCUT2D eigenvalue weighted by Crippen LogP contribution is 2.30. The lowest BCUT2D eigenvalue weighted by Gasteiger charge is -2.28. The zero-order valence-corrected chi connectivity index (χ0v) is 9.43. The van der Waals surface area contributed by atoms with Gasteiger partial charge in [0.15, 0.2) is 0 Å². The van der Waals surface area contributed by atoms with E-state index in [1.54, 1.807) is 0 Å². The van der Waals surface area contributed by atoms with E-state index in [1.165, 1.54) is 5.56 Å². The lowest BCUT2D eigenvalue weighted by Crippen LogP contribution is -2.26. The molecule has 0 amide bonds. The van der Waals surface area contributed by atoms with Gasteiger partial charge in [0, 0.05) is 10.2 Å². The van der Waals surface area contributed by atoms with Gasteiger partial charge in [0.1, 0.15) is 0 Å². The van der Waals surface area contributed by atoms with Gasteiger partial charge in [-0.2, -0.15) is 0 Å². The molecule has 1 aromatic carbocycles.